The molecule has 2 rings (SSSR count). The molecule has 0 aliphatic rings. The second kappa shape index (κ2) is 4.45. The summed E-state index contributed by atoms with van der Waals surface area (Å²) in [5.74, 6) is 0.540. The van der Waals surface area contributed by atoms with Gasteiger partial charge in [0.2, 0.25) is 0 Å². The smallest absolute Gasteiger partial charge is 0.196 e. The van der Waals surface area contributed by atoms with Crippen molar-refractivity contribution in [3.8, 4) is 0 Å². The van der Waals surface area contributed by atoms with E-state index < -0.39 is 5.82 Å². The zero-order chi connectivity index (χ0) is 12.6. The van der Waals surface area contributed by atoms with Crippen molar-refractivity contribution in [3.63, 3.8) is 0 Å². The maximum Gasteiger partial charge on any atom is 0.196 e. The van der Waals surface area contributed by atoms with Gasteiger partial charge in [-0.1, -0.05) is 0 Å². The van der Waals surface area contributed by atoms with Gasteiger partial charge < -0.3 is 4.42 Å². The minimum absolute atomic E-state index is 0.231. The lowest BCUT2D eigenvalue weighted by Gasteiger charge is -2.00. The number of hydrogen-bond donors (Lipinski definition) is 0. The first-order valence-corrected chi connectivity index (χ1v) is 5.85. The van der Waals surface area contributed by atoms with Crippen molar-refractivity contribution in [3.05, 3.63) is 57.2 Å². The highest BCUT2D eigenvalue weighted by atomic mass is 79.9. The van der Waals surface area contributed by atoms with Crippen LogP contribution in [0.4, 0.5) is 4.39 Å². The number of ketones is 1. The number of benzene rings is 1. The maximum atomic E-state index is 13.3. The maximum absolute atomic E-state index is 13.3. The first-order valence-electron chi connectivity index (χ1n) is 5.06. The number of furan rings is 1. The Balaban J connectivity index is 2.44. The van der Waals surface area contributed by atoms with E-state index in [-0.39, 0.29) is 5.78 Å². The lowest BCUT2D eigenvalue weighted by molar-refractivity contribution is 0.103. The van der Waals surface area contributed by atoms with Crippen LogP contribution in [0.2, 0.25) is 0 Å². The topological polar surface area (TPSA) is 30.2 Å². The summed E-state index contributed by atoms with van der Waals surface area (Å²) in [7, 11) is 0. The number of aryl methyl sites for hydroxylation is 2. The van der Waals surface area contributed by atoms with Gasteiger partial charge in [-0.15, -0.1) is 0 Å². The van der Waals surface area contributed by atoms with E-state index in [1.165, 1.54) is 12.1 Å². The summed E-state index contributed by atoms with van der Waals surface area (Å²) in [6.45, 7) is 3.49. The van der Waals surface area contributed by atoms with E-state index in [0.717, 1.165) is 0 Å². The molecule has 2 aromatic rings. The van der Waals surface area contributed by atoms with Crippen LogP contribution in [-0.2, 0) is 0 Å². The first-order chi connectivity index (χ1) is 7.99. The number of carbonyl (C=O) groups excluding carboxylic acids is 1. The molecule has 1 aromatic carbocycles. The van der Waals surface area contributed by atoms with Gasteiger partial charge in [0.1, 0.15) is 17.3 Å². The Kier molecular flexibility index (Phi) is 3.15. The zero-order valence-corrected chi connectivity index (χ0v) is 11.0. The molecule has 0 atom stereocenters. The number of carbonyl (C=O) groups is 1. The standard InChI is InChI=1S/C13H10BrFO2/c1-7-5-10(8(2)17-7)13(16)9-3-4-11(14)12(15)6-9/h3-6H,1-2H3. The van der Waals surface area contributed by atoms with Gasteiger partial charge in [-0.25, -0.2) is 4.39 Å². The second-order valence-corrected chi connectivity index (χ2v) is 4.64. The normalized spacial score (nSPS) is 10.6. The fourth-order valence-electron chi connectivity index (χ4n) is 1.65. The first kappa shape index (κ1) is 12.0. The summed E-state index contributed by atoms with van der Waals surface area (Å²) < 4.78 is 19.0. The molecule has 0 saturated heterocycles. The molecule has 0 amide bonds. The average Bonchev–Trinajstić information content (AvgIpc) is 2.61. The fourth-order valence-corrected chi connectivity index (χ4v) is 1.90. The predicted molar refractivity (Wildman–Crippen MR) is 65.7 cm³/mol. The molecule has 17 heavy (non-hydrogen) atoms. The van der Waals surface area contributed by atoms with Crippen LogP contribution in [0.15, 0.2) is 33.2 Å². The Morgan fingerprint density at radius 1 is 1.29 bits per heavy atom. The predicted octanol–water partition coefficient (Wildman–Crippen LogP) is 4.03. The highest BCUT2D eigenvalue weighted by Gasteiger charge is 2.16. The molecular weight excluding hydrogens is 287 g/mol. The SMILES string of the molecule is Cc1cc(C(=O)c2ccc(Br)c(F)c2)c(C)o1. The van der Waals surface area contributed by atoms with Crippen LogP contribution in [-0.4, -0.2) is 5.78 Å². The largest absolute Gasteiger partial charge is 0.466 e. The molecule has 2 nitrogen and oxygen atoms in total. The minimum atomic E-state index is -0.450. The molecule has 0 radical (unpaired) electrons. The molecule has 0 aliphatic carbocycles. The fraction of sp³-hybridized carbons (Fsp3) is 0.154. The molecular formula is C13H10BrFO2. The van der Waals surface area contributed by atoms with Crippen LogP contribution in [0, 0.1) is 19.7 Å². The van der Waals surface area contributed by atoms with Crippen molar-refractivity contribution in [1.82, 2.24) is 0 Å². The molecule has 88 valence electrons. The summed E-state index contributed by atoms with van der Waals surface area (Å²) in [4.78, 5) is 12.1. The molecule has 0 spiro atoms. The van der Waals surface area contributed by atoms with E-state index in [0.29, 0.717) is 27.1 Å². The number of rotatable bonds is 2. The summed E-state index contributed by atoms with van der Waals surface area (Å²) in [6, 6.07) is 5.98. The summed E-state index contributed by atoms with van der Waals surface area (Å²) in [5.41, 5.74) is 0.791. The van der Waals surface area contributed by atoms with Gasteiger partial charge in [-0.05, 0) is 54.0 Å². The molecule has 0 N–H and O–H groups in total. The molecule has 0 unspecified atom stereocenters. The Morgan fingerprint density at radius 2 is 2.00 bits per heavy atom. The van der Waals surface area contributed by atoms with Gasteiger partial charge in [0.25, 0.3) is 0 Å². The van der Waals surface area contributed by atoms with Crippen LogP contribution >= 0.6 is 15.9 Å². The van der Waals surface area contributed by atoms with Crippen molar-refractivity contribution < 1.29 is 13.6 Å². The highest BCUT2D eigenvalue weighted by molar-refractivity contribution is 9.10. The Hall–Kier alpha value is -1.42. The van der Waals surface area contributed by atoms with E-state index in [1.54, 1.807) is 26.0 Å². The lowest BCUT2D eigenvalue weighted by atomic mass is 10.0. The van der Waals surface area contributed by atoms with E-state index in [4.69, 9.17) is 4.42 Å². The van der Waals surface area contributed by atoms with Crippen LogP contribution in [0.1, 0.15) is 27.4 Å². The van der Waals surface area contributed by atoms with E-state index in [9.17, 15) is 9.18 Å². The summed E-state index contributed by atoms with van der Waals surface area (Å²) >= 11 is 3.05. The van der Waals surface area contributed by atoms with Gasteiger partial charge in [0.15, 0.2) is 5.78 Å². The Bertz CT molecular complexity index is 587. The summed E-state index contributed by atoms with van der Waals surface area (Å²) in [5, 5.41) is 0. The monoisotopic (exact) mass is 296 g/mol. The number of hydrogen-bond acceptors (Lipinski definition) is 2. The molecule has 4 heteroatoms. The average molecular weight is 297 g/mol. The van der Waals surface area contributed by atoms with Crippen molar-refractivity contribution in [2.45, 2.75) is 13.8 Å². The summed E-state index contributed by atoms with van der Waals surface area (Å²) in [6.07, 6.45) is 0. The lowest BCUT2D eigenvalue weighted by Crippen LogP contribution is -2.02. The van der Waals surface area contributed by atoms with E-state index in [2.05, 4.69) is 15.9 Å². The van der Waals surface area contributed by atoms with Gasteiger partial charge >= 0.3 is 0 Å². The van der Waals surface area contributed by atoms with Gasteiger partial charge in [0, 0.05) is 5.56 Å². The van der Waals surface area contributed by atoms with Crippen LogP contribution < -0.4 is 0 Å². The van der Waals surface area contributed by atoms with Crippen molar-refractivity contribution in [1.29, 1.82) is 0 Å². The third-order valence-electron chi connectivity index (χ3n) is 2.47. The second-order valence-electron chi connectivity index (χ2n) is 3.78. The molecule has 1 aromatic heterocycles. The Morgan fingerprint density at radius 3 is 2.53 bits per heavy atom. The van der Waals surface area contributed by atoms with Crippen LogP contribution in [0.25, 0.3) is 0 Å². The van der Waals surface area contributed by atoms with Gasteiger partial charge in [-0.2, -0.15) is 0 Å². The van der Waals surface area contributed by atoms with Crippen molar-refractivity contribution in [2.75, 3.05) is 0 Å². The molecule has 1 heterocycles. The third-order valence-corrected chi connectivity index (χ3v) is 3.11. The van der Waals surface area contributed by atoms with E-state index >= 15 is 0 Å². The number of halogens is 2. The van der Waals surface area contributed by atoms with Gasteiger partial charge in [0.05, 0.1) is 10.0 Å². The molecule has 0 fully saturated rings. The zero-order valence-electron chi connectivity index (χ0n) is 9.38. The van der Waals surface area contributed by atoms with Crippen LogP contribution in [0.5, 0.6) is 0 Å². The molecule has 0 aliphatic heterocycles. The third kappa shape index (κ3) is 2.31. The van der Waals surface area contributed by atoms with E-state index in [1.807, 2.05) is 0 Å². The van der Waals surface area contributed by atoms with Crippen LogP contribution in [0.3, 0.4) is 0 Å². The highest BCUT2D eigenvalue weighted by Crippen LogP contribution is 2.21. The van der Waals surface area contributed by atoms with Gasteiger partial charge in [-0.3, -0.25) is 4.79 Å². The molecule has 0 bridgehead atoms. The molecule has 0 saturated carbocycles. The quantitative estimate of drug-likeness (QED) is 0.783. The Labute approximate surface area is 107 Å². The minimum Gasteiger partial charge on any atom is -0.466 e. The van der Waals surface area contributed by atoms with Crippen molar-refractivity contribution in [2.24, 2.45) is 0 Å². The van der Waals surface area contributed by atoms with Crippen molar-refractivity contribution >= 4 is 21.7 Å².